The van der Waals surface area contributed by atoms with Crippen LogP contribution in [0.2, 0.25) is 0 Å². The summed E-state index contributed by atoms with van der Waals surface area (Å²) in [6.45, 7) is 0. The van der Waals surface area contributed by atoms with Gasteiger partial charge in [-0.1, -0.05) is 182 Å². The Hall–Kier alpha value is -8.54. The highest BCUT2D eigenvalue weighted by Gasteiger charge is 2.19. The van der Waals surface area contributed by atoms with Gasteiger partial charge < -0.3 is 4.57 Å². The van der Waals surface area contributed by atoms with E-state index in [1.165, 1.54) is 10.9 Å². The standard InChI is InChI=1S/C58H37N5/c1-5-16-38(17-6-1)39-28-30-42(31-29-39)57-60-56(41-20-9-3-10-21-41)61-58(62-57)45-23-15-22-43(34-45)44-32-33-53-50(35-44)51-36-52-49(37-54(51)63(53)46-24-11-4-12-25-46)47-26-13-14-27-48(47)55(59-52)40-18-7-2-8-19-40/h1-37H. The molecule has 0 atom stereocenters. The van der Waals surface area contributed by atoms with Crippen LogP contribution in [0.4, 0.5) is 0 Å². The van der Waals surface area contributed by atoms with Gasteiger partial charge in [0.2, 0.25) is 0 Å². The van der Waals surface area contributed by atoms with Crippen LogP contribution in [0, 0.1) is 0 Å². The van der Waals surface area contributed by atoms with Crippen LogP contribution in [-0.2, 0) is 0 Å². The van der Waals surface area contributed by atoms with Crippen LogP contribution in [0.3, 0.4) is 0 Å². The van der Waals surface area contributed by atoms with Crippen LogP contribution in [0.1, 0.15) is 0 Å². The Morgan fingerprint density at radius 3 is 1.43 bits per heavy atom. The molecule has 5 nitrogen and oxygen atoms in total. The lowest BCUT2D eigenvalue weighted by Crippen LogP contribution is -2.00. The third kappa shape index (κ3) is 6.51. The van der Waals surface area contributed by atoms with Crippen molar-refractivity contribution in [3.05, 3.63) is 224 Å². The van der Waals surface area contributed by atoms with Gasteiger partial charge in [0.15, 0.2) is 17.5 Å². The summed E-state index contributed by atoms with van der Waals surface area (Å²) in [5.74, 6) is 1.88. The Balaban J connectivity index is 1.01. The lowest BCUT2D eigenvalue weighted by atomic mass is 9.98. The molecule has 0 N–H and O–H groups in total. The van der Waals surface area contributed by atoms with E-state index < -0.39 is 0 Å². The van der Waals surface area contributed by atoms with E-state index in [4.69, 9.17) is 19.9 Å². The molecule has 0 saturated heterocycles. The van der Waals surface area contributed by atoms with Gasteiger partial charge >= 0.3 is 0 Å². The van der Waals surface area contributed by atoms with Crippen molar-refractivity contribution in [2.24, 2.45) is 0 Å². The third-order valence-electron chi connectivity index (χ3n) is 12.0. The number of nitrogens with zero attached hydrogens (tertiary/aromatic N) is 5. The van der Waals surface area contributed by atoms with Crippen molar-refractivity contribution < 1.29 is 0 Å². The van der Waals surface area contributed by atoms with Crippen molar-refractivity contribution in [1.29, 1.82) is 0 Å². The van der Waals surface area contributed by atoms with Gasteiger partial charge in [-0.2, -0.15) is 0 Å². The Labute approximate surface area is 364 Å². The minimum absolute atomic E-state index is 0.619. The minimum atomic E-state index is 0.619. The minimum Gasteiger partial charge on any atom is -0.309 e. The largest absolute Gasteiger partial charge is 0.309 e. The summed E-state index contributed by atoms with van der Waals surface area (Å²) in [5, 5.41) is 5.76. The lowest BCUT2D eigenvalue weighted by molar-refractivity contribution is 1.07. The highest BCUT2D eigenvalue weighted by Crippen LogP contribution is 2.40. The molecule has 3 aromatic heterocycles. The summed E-state index contributed by atoms with van der Waals surface area (Å²) in [6.07, 6.45) is 0. The number of fused-ring (bicyclic) bond motifs is 6. The second-order valence-electron chi connectivity index (χ2n) is 15.9. The van der Waals surface area contributed by atoms with Crippen LogP contribution >= 0.6 is 0 Å². The fourth-order valence-corrected chi connectivity index (χ4v) is 8.95. The smallest absolute Gasteiger partial charge is 0.164 e. The van der Waals surface area contributed by atoms with Gasteiger partial charge in [-0.05, 0) is 70.1 Å². The van der Waals surface area contributed by atoms with Crippen LogP contribution in [-0.4, -0.2) is 24.5 Å². The molecule has 0 spiro atoms. The molecule has 0 amide bonds. The van der Waals surface area contributed by atoms with E-state index in [-0.39, 0.29) is 0 Å². The molecule has 0 bridgehead atoms. The normalized spacial score (nSPS) is 11.5. The van der Waals surface area contributed by atoms with Gasteiger partial charge in [-0.3, -0.25) is 0 Å². The molecule has 9 aromatic carbocycles. The summed E-state index contributed by atoms with van der Waals surface area (Å²) in [7, 11) is 0. The first-order chi connectivity index (χ1) is 31.2. The molecule has 0 saturated carbocycles. The van der Waals surface area contributed by atoms with Crippen molar-refractivity contribution in [3.63, 3.8) is 0 Å². The van der Waals surface area contributed by atoms with Gasteiger partial charge in [0.1, 0.15) is 0 Å². The second kappa shape index (κ2) is 15.2. The molecule has 12 aromatic rings. The fraction of sp³-hybridized carbons (Fsp3) is 0. The zero-order valence-electron chi connectivity index (χ0n) is 34.1. The number of hydrogen-bond donors (Lipinski definition) is 0. The number of benzene rings is 9. The number of aromatic nitrogens is 5. The molecule has 3 heterocycles. The zero-order valence-corrected chi connectivity index (χ0v) is 34.1. The topological polar surface area (TPSA) is 56.5 Å². The van der Waals surface area contributed by atoms with Crippen molar-refractivity contribution >= 4 is 43.5 Å². The number of pyridine rings is 1. The zero-order chi connectivity index (χ0) is 41.7. The summed E-state index contributed by atoms with van der Waals surface area (Å²) in [6, 6.07) is 78.7. The predicted octanol–water partition coefficient (Wildman–Crippen LogP) is 14.7. The molecule has 0 aliphatic carbocycles. The first-order valence-electron chi connectivity index (χ1n) is 21.2. The summed E-state index contributed by atoms with van der Waals surface area (Å²) in [5.41, 5.74) is 13.7. The molecule has 0 unspecified atom stereocenters. The molecular weight excluding hydrogens is 767 g/mol. The highest BCUT2D eigenvalue weighted by atomic mass is 15.0. The van der Waals surface area contributed by atoms with Crippen LogP contribution in [0.25, 0.3) is 117 Å². The Morgan fingerprint density at radius 2 is 0.730 bits per heavy atom. The fourth-order valence-electron chi connectivity index (χ4n) is 8.95. The van der Waals surface area contributed by atoms with Crippen LogP contribution < -0.4 is 0 Å². The molecule has 5 heteroatoms. The highest BCUT2D eigenvalue weighted by molar-refractivity contribution is 6.19. The molecule has 0 fully saturated rings. The van der Waals surface area contributed by atoms with Crippen molar-refractivity contribution in [2.75, 3.05) is 0 Å². The number of para-hydroxylation sites is 1. The summed E-state index contributed by atoms with van der Waals surface area (Å²) in [4.78, 5) is 20.6. The molecule has 0 aliphatic heterocycles. The van der Waals surface area contributed by atoms with Gasteiger partial charge in [0, 0.05) is 49.5 Å². The monoisotopic (exact) mass is 803 g/mol. The molecule has 0 aliphatic rings. The summed E-state index contributed by atoms with van der Waals surface area (Å²) < 4.78 is 2.38. The second-order valence-corrected chi connectivity index (χ2v) is 15.9. The Morgan fingerprint density at radius 1 is 0.254 bits per heavy atom. The first-order valence-corrected chi connectivity index (χ1v) is 21.2. The van der Waals surface area contributed by atoms with E-state index in [1.807, 2.05) is 36.4 Å². The van der Waals surface area contributed by atoms with Crippen molar-refractivity contribution in [1.82, 2.24) is 24.5 Å². The van der Waals surface area contributed by atoms with Crippen molar-refractivity contribution in [2.45, 2.75) is 0 Å². The van der Waals surface area contributed by atoms with E-state index in [9.17, 15) is 0 Å². The van der Waals surface area contributed by atoms with Crippen molar-refractivity contribution in [3.8, 4) is 73.4 Å². The Kier molecular flexibility index (Phi) is 8.75. The first kappa shape index (κ1) is 36.3. The van der Waals surface area contributed by atoms with E-state index >= 15 is 0 Å². The van der Waals surface area contributed by atoms with Gasteiger partial charge in [0.25, 0.3) is 0 Å². The SMILES string of the molecule is c1ccc(-c2ccc(-c3nc(-c4ccccc4)nc(-c4cccc(-c5ccc6c(c5)c5cc7nc(-c8ccccc8)c8ccccc8c7cc5n6-c5ccccc5)c4)n3)cc2)cc1. The average Bonchev–Trinajstić information content (AvgIpc) is 3.69. The maximum Gasteiger partial charge on any atom is 0.164 e. The number of rotatable bonds is 7. The van der Waals surface area contributed by atoms with Gasteiger partial charge in [-0.15, -0.1) is 0 Å². The molecule has 294 valence electrons. The summed E-state index contributed by atoms with van der Waals surface area (Å²) >= 11 is 0. The van der Waals surface area contributed by atoms with Gasteiger partial charge in [-0.25, -0.2) is 19.9 Å². The lowest BCUT2D eigenvalue weighted by Gasteiger charge is -2.12. The van der Waals surface area contributed by atoms with Crippen LogP contribution in [0.15, 0.2) is 224 Å². The average molecular weight is 804 g/mol. The maximum absolute atomic E-state index is 5.39. The van der Waals surface area contributed by atoms with E-state index in [1.54, 1.807) is 0 Å². The quantitative estimate of drug-likeness (QED) is 0.151. The predicted molar refractivity (Wildman–Crippen MR) is 260 cm³/mol. The molecule has 12 rings (SSSR count). The van der Waals surface area contributed by atoms with E-state index in [0.717, 1.165) is 88.4 Å². The Bertz CT molecular complexity index is 3640. The molecule has 0 radical (unpaired) electrons. The molecule has 63 heavy (non-hydrogen) atoms. The van der Waals surface area contributed by atoms with E-state index in [0.29, 0.717) is 17.5 Å². The number of hydrogen-bond acceptors (Lipinski definition) is 4. The maximum atomic E-state index is 5.39. The molecular formula is C58H37N5. The van der Waals surface area contributed by atoms with Crippen LogP contribution in [0.5, 0.6) is 0 Å². The van der Waals surface area contributed by atoms with Gasteiger partial charge in [0.05, 0.1) is 22.2 Å². The third-order valence-corrected chi connectivity index (χ3v) is 12.0. The van der Waals surface area contributed by atoms with E-state index in [2.05, 4.69) is 193 Å².